The number of likely N-dealkylation sites (N-methyl/N-ethyl adjacent to an activating group) is 1. The van der Waals surface area contributed by atoms with Gasteiger partial charge >= 0.3 is 5.97 Å². The van der Waals surface area contributed by atoms with E-state index in [1.165, 1.54) is 12.1 Å². The van der Waals surface area contributed by atoms with E-state index in [0.717, 1.165) is 24.7 Å². The molecular formula is C25H31NO7S. The van der Waals surface area contributed by atoms with Crippen molar-refractivity contribution in [1.82, 2.24) is 4.90 Å². The zero-order chi connectivity index (χ0) is 24.9. The second-order valence-electron chi connectivity index (χ2n) is 8.94. The standard InChI is InChI=1S/C25H31NO7S/c1-26(24(28)14-17-7-10-22(11-8-17)34(2,31)32)23(13-18-6-9-20(27)12-18)19-4-3-5-21(15-19)33-16-25(29)30/h3-5,7-8,10-11,15,18,20,23,27H,6,9,12-14,16H2,1-2H3,(H,29,30)/t18?,20-,23+/m1/s1. The van der Waals surface area contributed by atoms with E-state index < -0.39 is 22.4 Å². The van der Waals surface area contributed by atoms with E-state index >= 15 is 0 Å². The van der Waals surface area contributed by atoms with Gasteiger partial charge in [0.15, 0.2) is 16.4 Å². The van der Waals surface area contributed by atoms with E-state index in [9.17, 15) is 23.1 Å². The number of carbonyl (C=O) groups is 2. The molecule has 0 bridgehead atoms. The van der Waals surface area contributed by atoms with Crippen molar-refractivity contribution in [3.05, 3.63) is 59.7 Å². The first-order valence-corrected chi connectivity index (χ1v) is 13.1. The fourth-order valence-corrected chi connectivity index (χ4v) is 5.01. The van der Waals surface area contributed by atoms with Gasteiger partial charge in [-0.3, -0.25) is 4.79 Å². The first-order valence-electron chi connectivity index (χ1n) is 11.2. The summed E-state index contributed by atoms with van der Waals surface area (Å²) in [4.78, 5) is 25.9. The fourth-order valence-electron chi connectivity index (χ4n) is 4.38. The van der Waals surface area contributed by atoms with Crippen molar-refractivity contribution in [3.63, 3.8) is 0 Å². The molecule has 2 aromatic rings. The maximum absolute atomic E-state index is 13.2. The number of carboxylic acids is 1. The number of aliphatic hydroxyl groups excluding tert-OH is 1. The summed E-state index contributed by atoms with van der Waals surface area (Å²) in [6, 6.07) is 13.1. The second-order valence-corrected chi connectivity index (χ2v) is 11.0. The average molecular weight is 490 g/mol. The van der Waals surface area contributed by atoms with Gasteiger partial charge in [-0.25, -0.2) is 13.2 Å². The number of hydrogen-bond donors (Lipinski definition) is 2. The summed E-state index contributed by atoms with van der Waals surface area (Å²) in [5.41, 5.74) is 1.53. The van der Waals surface area contributed by atoms with Gasteiger partial charge in [-0.2, -0.15) is 0 Å². The lowest BCUT2D eigenvalue weighted by Crippen LogP contribution is -2.33. The molecule has 0 spiro atoms. The van der Waals surface area contributed by atoms with Gasteiger partial charge in [0.05, 0.1) is 23.5 Å². The molecule has 1 unspecified atom stereocenters. The largest absolute Gasteiger partial charge is 0.482 e. The van der Waals surface area contributed by atoms with E-state index in [2.05, 4.69) is 0 Å². The Morgan fingerprint density at radius 2 is 1.85 bits per heavy atom. The van der Waals surface area contributed by atoms with E-state index in [1.807, 2.05) is 6.07 Å². The van der Waals surface area contributed by atoms with Crippen LogP contribution in [0.2, 0.25) is 0 Å². The van der Waals surface area contributed by atoms with Crippen molar-refractivity contribution in [2.24, 2.45) is 5.92 Å². The molecule has 1 amide bonds. The van der Waals surface area contributed by atoms with Gasteiger partial charge in [-0.1, -0.05) is 24.3 Å². The molecule has 2 aromatic carbocycles. The predicted octanol–water partition coefficient (Wildman–Crippen LogP) is 2.85. The van der Waals surface area contributed by atoms with Crippen molar-refractivity contribution in [2.45, 2.75) is 49.1 Å². The van der Waals surface area contributed by atoms with Gasteiger partial charge in [-0.15, -0.1) is 0 Å². The molecule has 1 aliphatic carbocycles. The van der Waals surface area contributed by atoms with Gasteiger partial charge < -0.3 is 19.8 Å². The number of rotatable bonds is 10. The van der Waals surface area contributed by atoms with Crippen molar-refractivity contribution >= 4 is 21.7 Å². The van der Waals surface area contributed by atoms with Crippen LogP contribution in [0.3, 0.4) is 0 Å². The van der Waals surface area contributed by atoms with Gasteiger partial charge in [0.1, 0.15) is 5.75 Å². The molecule has 3 rings (SSSR count). The first kappa shape index (κ1) is 25.7. The number of benzene rings is 2. The second kappa shape index (κ2) is 11.0. The lowest BCUT2D eigenvalue weighted by molar-refractivity contribution is -0.139. The lowest BCUT2D eigenvalue weighted by Gasteiger charge is -2.31. The highest BCUT2D eigenvalue weighted by Gasteiger charge is 2.30. The van der Waals surface area contributed by atoms with Crippen LogP contribution >= 0.6 is 0 Å². The minimum Gasteiger partial charge on any atom is -0.482 e. The molecule has 0 aliphatic heterocycles. The number of aliphatic carboxylic acids is 1. The molecule has 1 aliphatic rings. The molecule has 2 N–H and O–H groups in total. The van der Waals surface area contributed by atoms with Crippen LogP contribution in [-0.4, -0.2) is 61.4 Å². The summed E-state index contributed by atoms with van der Waals surface area (Å²) in [6.07, 6.45) is 3.88. The van der Waals surface area contributed by atoms with E-state index in [0.29, 0.717) is 24.2 Å². The van der Waals surface area contributed by atoms with Crippen LogP contribution in [0.15, 0.2) is 53.4 Å². The highest BCUT2D eigenvalue weighted by Crippen LogP contribution is 2.37. The molecule has 184 valence electrons. The van der Waals surface area contributed by atoms with Crippen LogP contribution in [0.4, 0.5) is 0 Å². The van der Waals surface area contributed by atoms with Crippen LogP contribution in [0.1, 0.15) is 42.9 Å². The van der Waals surface area contributed by atoms with Crippen molar-refractivity contribution in [3.8, 4) is 5.75 Å². The molecule has 1 saturated carbocycles. The third-order valence-electron chi connectivity index (χ3n) is 6.24. The first-order chi connectivity index (χ1) is 16.0. The third kappa shape index (κ3) is 7.04. The molecule has 0 heterocycles. The number of sulfone groups is 1. The smallest absolute Gasteiger partial charge is 0.341 e. The Bertz CT molecular complexity index is 1110. The van der Waals surface area contributed by atoms with Gasteiger partial charge in [-0.05, 0) is 67.0 Å². The van der Waals surface area contributed by atoms with E-state index in [1.54, 1.807) is 42.3 Å². The zero-order valence-corrected chi connectivity index (χ0v) is 20.2. The number of hydrogen-bond acceptors (Lipinski definition) is 6. The van der Waals surface area contributed by atoms with Gasteiger partial charge in [0.2, 0.25) is 5.91 Å². The number of ether oxygens (including phenoxy) is 1. The van der Waals surface area contributed by atoms with Gasteiger partial charge in [0.25, 0.3) is 0 Å². The maximum atomic E-state index is 13.2. The average Bonchev–Trinajstić information content (AvgIpc) is 3.20. The minimum absolute atomic E-state index is 0.111. The summed E-state index contributed by atoms with van der Waals surface area (Å²) >= 11 is 0. The Morgan fingerprint density at radius 1 is 1.15 bits per heavy atom. The predicted molar refractivity (Wildman–Crippen MR) is 126 cm³/mol. The summed E-state index contributed by atoms with van der Waals surface area (Å²) in [7, 11) is -1.58. The van der Waals surface area contributed by atoms with Crippen molar-refractivity contribution < 1.29 is 33.0 Å². The molecule has 0 aromatic heterocycles. The summed E-state index contributed by atoms with van der Waals surface area (Å²) in [5, 5.41) is 18.9. The molecule has 34 heavy (non-hydrogen) atoms. The summed E-state index contributed by atoms with van der Waals surface area (Å²) < 4.78 is 28.7. The molecule has 8 nitrogen and oxygen atoms in total. The lowest BCUT2D eigenvalue weighted by atomic mass is 9.92. The fraction of sp³-hybridized carbons (Fsp3) is 0.440. The Morgan fingerprint density at radius 3 is 2.44 bits per heavy atom. The Hall–Kier alpha value is -2.91. The molecule has 0 radical (unpaired) electrons. The van der Waals surface area contributed by atoms with Gasteiger partial charge in [0, 0.05) is 13.3 Å². The number of nitrogens with zero attached hydrogens (tertiary/aromatic N) is 1. The van der Waals surface area contributed by atoms with Crippen LogP contribution < -0.4 is 4.74 Å². The number of carboxylic acid groups (broad SMARTS) is 1. The third-order valence-corrected chi connectivity index (χ3v) is 7.37. The van der Waals surface area contributed by atoms with Crippen LogP contribution in [0.5, 0.6) is 5.75 Å². The molecule has 3 atom stereocenters. The quantitative estimate of drug-likeness (QED) is 0.526. The van der Waals surface area contributed by atoms with Crippen LogP contribution in [-0.2, 0) is 25.8 Å². The minimum atomic E-state index is -3.31. The number of carbonyl (C=O) groups excluding carboxylic acids is 1. The molecular weight excluding hydrogens is 458 g/mol. The topological polar surface area (TPSA) is 121 Å². The van der Waals surface area contributed by atoms with Crippen LogP contribution in [0, 0.1) is 5.92 Å². The van der Waals surface area contributed by atoms with Crippen molar-refractivity contribution in [2.75, 3.05) is 19.9 Å². The number of aliphatic hydroxyl groups is 1. The van der Waals surface area contributed by atoms with Crippen LogP contribution in [0.25, 0.3) is 0 Å². The maximum Gasteiger partial charge on any atom is 0.341 e. The monoisotopic (exact) mass is 489 g/mol. The summed E-state index contributed by atoms with van der Waals surface area (Å²) in [6.45, 7) is -0.457. The SMILES string of the molecule is CN(C(=O)Cc1ccc(S(C)(=O)=O)cc1)[C@@H](CC1CC[C@@H](O)C1)c1cccc(OCC(=O)O)c1. The molecule has 9 heteroatoms. The highest BCUT2D eigenvalue weighted by molar-refractivity contribution is 7.90. The van der Waals surface area contributed by atoms with E-state index in [-0.39, 0.29) is 35.3 Å². The Kier molecular flexibility index (Phi) is 8.33. The molecule has 0 saturated heterocycles. The summed E-state index contributed by atoms with van der Waals surface area (Å²) in [5.74, 6) is -0.537. The Balaban J connectivity index is 1.80. The van der Waals surface area contributed by atoms with E-state index in [4.69, 9.17) is 9.84 Å². The molecule has 1 fully saturated rings. The number of amides is 1. The zero-order valence-electron chi connectivity index (χ0n) is 19.4. The highest BCUT2D eigenvalue weighted by atomic mass is 32.2. The van der Waals surface area contributed by atoms with Crippen molar-refractivity contribution in [1.29, 1.82) is 0 Å². The normalized spacial score (nSPS) is 18.9. The Labute approximate surface area is 200 Å².